The molecular formula is C33H60N6O4. The van der Waals surface area contributed by atoms with Crippen LogP contribution in [0.4, 0.5) is 0 Å². The predicted molar refractivity (Wildman–Crippen MR) is 170 cm³/mol. The Kier molecular flexibility index (Phi) is 12.5. The minimum atomic E-state index is -0.658. The topological polar surface area (TPSA) is 96.5 Å². The highest BCUT2D eigenvalue weighted by atomic mass is 16.2. The van der Waals surface area contributed by atoms with Crippen LogP contribution < -0.4 is 5.32 Å². The molecule has 246 valence electrons. The van der Waals surface area contributed by atoms with Crippen molar-refractivity contribution < 1.29 is 19.2 Å². The molecule has 0 radical (unpaired) electrons. The van der Waals surface area contributed by atoms with Crippen molar-refractivity contribution in [3.05, 3.63) is 0 Å². The number of likely N-dealkylation sites (N-methyl/N-ethyl adjacent to an activating group) is 3. The van der Waals surface area contributed by atoms with Gasteiger partial charge in [0.2, 0.25) is 23.6 Å². The molecule has 3 rings (SSSR count). The van der Waals surface area contributed by atoms with Gasteiger partial charge in [0.25, 0.3) is 0 Å². The van der Waals surface area contributed by atoms with E-state index in [0.717, 1.165) is 58.0 Å². The molecule has 0 aromatic heterocycles. The molecule has 0 aromatic rings. The maximum atomic E-state index is 14.1. The average molecular weight is 605 g/mol. The quantitative estimate of drug-likeness (QED) is 0.390. The van der Waals surface area contributed by atoms with Gasteiger partial charge >= 0.3 is 0 Å². The standard InChI is InChI=1S/C33H60N6O4/c1-10-37(11-2)30(41)26-18-15-21-39(26)31(42)25-17-14-20-38(25)22-27(23(3)4)36(9)32(43)28(33(5,6)7)34-29(40)24-16-12-13-19-35(24)8/h23-28H,10-22H2,1-9H3,(H,34,40)/t24-,25+,26?,27-,28?/m1/s1. The average Bonchev–Trinajstić information content (AvgIpc) is 3.63. The van der Waals surface area contributed by atoms with Crippen LogP contribution in [-0.2, 0) is 19.2 Å². The summed E-state index contributed by atoms with van der Waals surface area (Å²) in [6, 6.07) is -1.66. The molecule has 0 spiro atoms. The minimum Gasteiger partial charge on any atom is -0.342 e. The van der Waals surface area contributed by atoms with Crippen molar-refractivity contribution in [1.29, 1.82) is 0 Å². The number of hydrogen-bond donors (Lipinski definition) is 1. The van der Waals surface area contributed by atoms with E-state index < -0.39 is 11.5 Å². The Morgan fingerprint density at radius 3 is 2.05 bits per heavy atom. The number of rotatable bonds is 11. The highest BCUT2D eigenvalue weighted by Crippen LogP contribution is 2.29. The second-order valence-electron chi connectivity index (χ2n) is 14.4. The summed E-state index contributed by atoms with van der Waals surface area (Å²) in [6.45, 7) is 18.4. The van der Waals surface area contributed by atoms with Gasteiger partial charge < -0.3 is 20.0 Å². The summed E-state index contributed by atoms with van der Waals surface area (Å²) in [5.74, 6) is 0.0860. The second-order valence-corrected chi connectivity index (χ2v) is 14.4. The van der Waals surface area contributed by atoms with Crippen LogP contribution in [0.2, 0.25) is 0 Å². The number of nitrogens with one attached hydrogen (secondary N) is 1. The number of carbonyl (C=O) groups is 4. The summed E-state index contributed by atoms with van der Waals surface area (Å²) >= 11 is 0. The summed E-state index contributed by atoms with van der Waals surface area (Å²) in [7, 11) is 3.83. The van der Waals surface area contributed by atoms with Gasteiger partial charge in [-0.25, -0.2) is 0 Å². The molecule has 1 N–H and O–H groups in total. The Hall–Kier alpha value is -2.20. The summed E-state index contributed by atoms with van der Waals surface area (Å²) < 4.78 is 0. The maximum absolute atomic E-state index is 14.1. The highest BCUT2D eigenvalue weighted by Gasteiger charge is 2.44. The number of likely N-dealkylation sites (tertiary alicyclic amines) is 3. The first kappa shape index (κ1) is 35.3. The Balaban J connectivity index is 1.74. The maximum Gasteiger partial charge on any atom is 0.245 e. The lowest BCUT2D eigenvalue weighted by Crippen LogP contribution is -2.61. The van der Waals surface area contributed by atoms with Gasteiger partial charge in [-0.3, -0.25) is 29.0 Å². The van der Waals surface area contributed by atoms with Crippen LogP contribution in [0.5, 0.6) is 0 Å². The van der Waals surface area contributed by atoms with Crippen molar-refractivity contribution in [2.24, 2.45) is 11.3 Å². The predicted octanol–water partition coefficient (Wildman–Crippen LogP) is 2.81. The molecule has 43 heavy (non-hydrogen) atoms. The van der Waals surface area contributed by atoms with Gasteiger partial charge in [0, 0.05) is 39.3 Å². The molecule has 3 aliphatic heterocycles. The van der Waals surface area contributed by atoms with Gasteiger partial charge in [-0.2, -0.15) is 0 Å². The first-order valence-corrected chi connectivity index (χ1v) is 16.8. The summed E-state index contributed by atoms with van der Waals surface area (Å²) in [5.41, 5.74) is -0.468. The van der Waals surface area contributed by atoms with Gasteiger partial charge in [-0.05, 0) is 83.8 Å². The summed E-state index contributed by atoms with van der Waals surface area (Å²) in [4.78, 5) is 64.5. The number of carbonyl (C=O) groups excluding carboxylic acids is 4. The zero-order valence-electron chi connectivity index (χ0n) is 28.5. The first-order valence-electron chi connectivity index (χ1n) is 16.8. The van der Waals surface area contributed by atoms with Crippen LogP contribution in [0.3, 0.4) is 0 Å². The zero-order valence-corrected chi connectivity index (χ0v) is 28.5. The number of hydrogen-bond acceptors (Lipinski definition) is 6. The molecule has 0 aliphatic carbocycles. The van der Waals surface area contributed by atoms with Crippen molar-refractivity contribution in [3.8, 4) is 0 Å². The van der Waals surface area contributed by atoms with Crippen LogP contribution in [0.25, 0.3) is 0 Å². The molecule has 10 nitrogen and oxygen atoms in total. The van der Waals surface area contributed by atoms with E-state index in [0.29, 0.717) is 26.2 Å². The lowest BCUT2D eigenvalue weighted by atomic mass is 9.84. The fraction of sp³-hybridized carbons (Fsp3) is 0.879. The van der Waals surface area contributed by atoms with Crippen LogP contribution in [0, 0.1) is 11.3 Å². The van der Waals surface area contributed by atoms with E-state index in [1.807, 2.05) is 63.4 Å². The zero-order chi connectivity index (χ0) is 32.1. The van der Waals surface area contributed by atoms with Gasteiger partial charge in [-0.1, -0.05) is 41.0 Å². The van der Waals surface area contributed by atoms with Gasteiger partial charge in [0.15, 0.2) is 0 Å². The lowest BCUT2D eigenvalue weighted by Gasteiger charge is -2.41. The monoisotopic (exact) mass is 604 g/mol. The second kappa shape index (κ2) is 15.2. The molecule has 0 saturated carbocycles. The SMILES string of the molecule is CCN(CC)C(=O)C1CCCN1C(=O)[C@@H]1CCCN1C[C@H](C(C)C)N(C)C(=O)C(NC(=O)[C@H]1CCCCN1C)C(C)(C)C. The smallest absolute Gasteiger partial charge is 0.245 e. The van der Waals surface area contributed by atoms with E-state index in [1.54, 1.807) is 0 Å². The fourth-order valence-corrected chi connectivity index (χ4v) is 7.23. The van der Waals surface area contributed by atoms with Crippen molar-refractivity contribution in [1.82, 2.24) is 29.8 Å². The molecule has 3 heterocycles. The Morgan fingerprint density at radius 1 is 0.860 bits per heavy atom. The Labute approximate surface area is 260 Å². The van der Waals surface area contributed by atoms with E-state index in [2.05, 4.69) is 29.0 Å². The largest absolute Gasteiger partial charge is 0.342 e. The molecule has 10 heteroatoms. The molecule has 4 amide bonds. The lowest BCUT2D eigenvalue weighted by molar-refractivity contribution is -0.147. The Bertz CT molecular complexity index is 977. The Morgan fingerprint density at radius 2 is 1.47 bits per heavy atom. The number of nitrogens with zero attached hydrogens (tertiary/aromatic N) is 5. The van der Waals surface area contributed by atoms with Gasteiger partial charge in [0.05, 0.1) is 12.1 Å². The first-order chi connectivity index (χ1) is 20.2. The molecule has 0 bridgehead atoms. The highest BCUT2D eigenvalue weighted by molar-refractivity contribution is 5.91. The number of piperidine rings is 1. The molecule has 0 aromatic carbocycles. The molecule has 3 aliphatic rings. The van der Waals surface area contributed by atoms with Crippen LogP contribution in [0.1, 0.15) is 93.4 Å². The molecule has 5 atom stereocenters. The van der Waals surface area contributed by atoms with E-state index in [1.165, 1.54) is 0 Å². The number of amides is 4. The minimum absolute atomic E-state index is 0.0495. The van der Waals surface area contributed by atoms with Gasteiger partial charge in [0.1, 0.15) is 12.1 Å². The van der Waals surface area contributed by atoms with Crippen molar-refractivity contribution in [3.63, 3.8) is 0 Å². The third-order valence-corrected chi connectivity index (χ3v) is 10.1. The van der Waals surface area contributed by atoms with Crippen molar-refractivity contribution in [2.45, 2.75) is 124 Å². The van der Waals surface area contributed by atoms with E-state index in [4.69, 9.17) is 0 Å². The van der Waals surface area contributed by atoms with Crippen molar-refractivity contribution >= 4 is 23.6 Å². The fourth-order valence-electron chi connectivity index (χ4n) is 7.23. The molecular weight excluding hydrogens is 544 g/mol. The van der Waals surface area contributed by atoms with Crippen LogP contribution in [-0.4, -0.2) is 132 Å². The third kappa shape index (κ3) is 8.29. The van der Waals surface area contributed by atoms with Gasteiger partial charge in [-0.15, -0.1) is 0 Å². The van der Waals surface area contributed by atoms with E-state index in [-0.39, 0.29) is 53.7 Å². The van der Waals surface area contributed by atoms with Crippen molar-refractivity contribution in [2.75, 3.05) is 53.4 Å². The molecule has 2 unspecified atom stereocenters. The van der Waals surface area contributed by atoms with E-state index in [9.17, 15) is 19.2 Å². The molecule has 3 saturated heterocycles. The molecule has 3 fully saturated rings. The third-order valence-electron chi connectivity index (χ3n) is 10.1. The van der Waals surface area contributed by atoms with Crippen LogP contribution in [0.15, 0.2) is 0 Å². The normalized spacial score (nSPS) is 25.1. The summed E-state index contributed by atoms with van der Waals surface area (Å²) in [6.07, 6.45) is 6.15. The summed E-state index contributed by atoms with van der Waals surface area (Å²) in [5, 5.41) is 3.14. The van der Waals surface area contributed by atoms with E-state index >= 15 is 0 Å². The van der Waals surface area contributed by atoms with Crippen LogP contribution >= 0.6 is 0 Å².